The molecule has 92 valence electrons. The van der Waals surface area contributed by atoms with Gasteiger partial charge >= 0.3 is 5.97 Å². The number of nitrogens with one attached hydrogen (secondary N) is 1. The van der Waals surface area contributed by atoms with Crippen LogP contribution < -0.4 is 11.1 Å². The smallest absolute Gasteiger partial charge is 0.305 e. The molecular weight excluding hydrogens is 208 g/mol. The molecule has 0 aromatic heterocycles. The molecule has 16 heavy (non-hydrogen) atoms. The van der Waals surface area contributed by atoms with Gasteiger partial charge in [-0.1, -0.05) is 6.92 Å². The van der Waals surface area contributed by atoms with Crippen LogP contribution >= 0.6 is 0 Å². The van der Waals surface area contributed by atoms with Crippen LogP contribution in [-0.4, -0.2) is 29.6 Å². The van der Waals surface area contributed by atoms with Gasteiger partial charge in [0.05, 0.1) is 6.42 Å². The maximum Gasteiger partial charge on any atom is 0.305 e. The van der Waals surface area contributed by atoms with Crippen molar-refractivity contribution in [2.75, 3.05) is 6.54 Å². The van der Waals surface area contributed by atoms with Crippen LogP contribution in [0.3, 0.4) is 0 Å². The van der Waals surface area contributed by atoms with Gasteiger partial charge in [0.2, 0.25) is 5.91 Å². The van der Waals surface area contributed by atoms with Crippen molar-refractivity contribution in [3.63, 3.8) is 0 Å². The highest BCUT2D eigenvalue weighted by Crippen LogP contribution is 2.34. The Bertz CT molecular complexity index is 264. The van der Waals surface area contributed by atoms with Crippen molar-refractivity contribution >= 4 is 11.9 Å². The molecule has 1 aliphatic rings. The van der Waals surface area contributed by atoms with Crippen molar-refractivity contribution in [1.82, 2.24) is 5.32 Å². The quantitative estimate of drug-likeness (QED) is 0.586. The van der Waals surface area contributed by atoms with Crippen LogP contribution in [0.2, 0.25) is 0 Å². The minimum atomic E-state index is -0.858. The fourth-order valence-electron chi connectivity index (χ4n) is 1.73. The molecule has 5 nitrogen and oxygen atoms in total. The summed E-state index contributed by atoms with van der Waals surface area (Å²) < 4.78 is 0. The van der Waals surface area contributed by atoms with Crippen LogP contribution in [0.1, 0.15) is 32.6 Å². The standard InChI is InChI=1S/C11H20N2O3/c1-7(4-5-12)11(16)13-9(6-10(14)15)8-2-3-8/h7-9H,2-6,12H2,1H3,(H,13,16)(H,14,15). The molecule has 0 aliphatic heterocycles. The Balaban J connectivity index is 2.41. The summed E-state index contributed by atoms with van der Waals surface area (Å²) in [6, 6.07) is -0.203. The maximum atomic E-state index is 11.7. The Kier molecular flexibility index (Phi) is 4.73. The number of carboxylic acid groups (broad SMARTS) is 1. The monoisotopic (exact) mass is 228 g/mol. The second-order valence-corrected chi connectivity index (χ2v) is 4.53. The van der Waals surface area contributed by atoms with Gasteiger partial charge in [0.25, 0.3) is 0 Å². The first kappa shape index (κ1) is 13.0. The fraction of sp³-hybridized carbons (Fsp3) is 0.818. The van der Waals surface area contributed by atoms with E-state index in [2.05, 4.69) is 5.32 Å². The number of carboxylic acids is 1. The summed E-state index contributed by atoms with van der Waals surface area (Å²) in [6.45, 7) is 2.29. The van der Waals surface area contributed by atoms with E-state index < -0.39 is 5.97 Å². The second-order valence-electron chi connectivity index (χ2n) is 4.53. The van der Waals surface area contributed by atoms with Crippen LogP contribution in [-0.2, 0) is 9.59 Å². The fourth-order valence-corrected chi connectivity index (χ4v) is 1.73. The Morgan fingerprint density at radius 1 is 1.50 bits per heavy atom. The van der Waals surface area contributed by atoms with Gasteiger partial charge in [-0.05, 0) is 31.7 Å². The van der Waals surface area contributed by atoms with Gasteiger partial charge in [-0.2, -0.15) is 0 Å². The Labute approximate surface area is 95.4 Å². The summed E-state index contributed by atoms with van der Waals surface area (Å²) in [6.07, 6.45) is 2.69. The van der Waals surface area contributed by atoms with E-state index in [1.807, 2.05) is 6.92 Å². The molecule has 2 atom stereocenters. The molecule has 1 rings (SSSR count). The number of hydrogen-bond acceptors (Lipinski definition) is 3. The molecule has 0 aromatic carbocycles. The number of nitrogens with two attached hydrogens (primary N) is 1. The van der Waals surface area contributed by atoms with Gasteiger partial charge in [0.15, 0.2) is 0 Å². The zero-order valence-electron chi connectivity index (χ0n) is 9.61. The summed E-state index contributed by atoms with van der Waals surface area (Å²) in [7, 11) is 0. The summed E-state index contributed by atoms with van der Waals surface area (Å²) in [5.74, 6) is -0.725. The minimum absolute atomic E-state index is 0.0196. The van der Waals surface area contributed by atoms with Gasteiger partial charge < -0.3 is 16.2 Å². The molecule has 1 aliphatic carbocycles. The van der Waals surface area contributed by atoms with Crippen molar-refractivity contribution < 1.29 is 14.7 Å². The number of aliphatic carboxylic acids is 1. The van der Waals surface area contributed by atoms with E-state index in [-0.39, 0.29) is 24.3 Å². The van der Waals surface area contributed by atoms with Crippen molar-refractivity contribution in [3.8, 4) is 0 Å². The van der Waals surface area contributed by atoms with E-state index in [0.29, 0.717) is 18.9 Å². The van der Waals surface area contributed by atoms with Crippen LogP contribution in [0, 0.1) is 11.8 Å². The zero-order chi connectivity index (χ0) is 12.1. The van der Waals surface area contributed by atoms with E-state index in [1.165, 1.54) is 0 Å². The first-order valence-corrected chi connectivity index (χ1v) is 5.76. The van der Waals surface area contributed by atoms with E-state index >= 15 is 0 Å². The third-order valence-electron chi connectivity index (χ3n) is 2.96. The molecule has 0 bridgehead atoms. The SMILES string of the molecule is CC(CCN)C(=O)NC(CC(=O)O)C1CC1. The summed E-state index contributed by atoms with van der Waals surface area (Å²) in [5.41, 5.74) is 5.38. The first-order valence-electron chi connectivity index (χ1n) is 5.76. The third-order valence-corrected chi connectivity index (χ3v) is 2.96. The lowest BCUT2D eigenvalue weighted by molar-refractivity contribution is -0.138. The topological polar surface area (TPSA) is 92.4 Å². The van der Waals surface area contributed by atoms with Crippen molar-refractivity contribution in [3.05, 3.63) is 0 Å². The Morgan fingerprint density at radius 2 is 2.12 bits per heavy atom. The van der Waals surface area contributed by atoms with Gasteiger partial charge in [-0.15, -0.1) is 0 Å². The molecule has 1 fully saturated rings. The van der Waals surface area contributed by atoms with E-state index in [9.17, 15) is 9.59 Å². The van der Waals surface area contributed by atoms with Crippen LogP contribution in [0.4, 0.5) is 0 Å². The maximum absolute atomic E-state index is 11.7. The van der Waals surface area contributed by atoms with E-state index in [0.717, 1.165) is 12.8 Å². The molecule has 0 spiro atoms. The lowest BCUT2D eigenvalue weighted by atomic mass is 10.0. The predicted octanol–water partition coefficient (Wildman–Crippen LogP) is 0.341. The normalized spacial score (nSPS) is 18.9. The van der Waals surface area contributed by atoms with E-state index in [4.69, 9.17) is 10.8 Å². The lowest BCUT2D eigenvalue weighted by Gasteiger charge is -2.19. The molecule has 0 aromatic rings. The van der Waals surface area contributed by atoms with Gasteiger partial charge in [-0.3, -0.25) is 9.59 Å². The van der Waals surface area contributed by atoms with Gasteiger partial charge in [-0.25, -0.2) is 0 Å². The lowest BCUT2D eigenvalue weighted by Crippen LogP contribution is -2.41. The molecule has 2 unspecified atom stereocenters. The Hall–Kier alpha value is -1.10. The third kappa shape index (κ3) is 4.18. The number of carbonyl (C=O) groups excluding carboxylic acids is 1. The van der Waals surface area contributed by atoms with Gasteiger partial charge in [0.1, 0.15) is 0 Å². The van der Waals surface area contributed by atoms with Crippen LogP contribution in [0.25, 0.3) is 0 Å². The van der Waals surface area contributed by atoms with Crippen molar-refractivity contribution in [2.24, 2.45) is 17.6 Å². The predicted molar refractivity (Wildman–Crippen MR) is 59.7 cm³/mol. The van der Waals surface area contributed by atoms with Crippen molar-refractivity contribution in [2.45, 2.75) is 38.6 Å². The number of amides is 1. The first-order chi connectivity index (χ1) is 7.54. The number of carbonyl (C=O) groups is 2. The number of rotatable bonds is 7. The highest BCUT2D eigenvalue weighted by Gasteiger charge is 2.34. The molecule has 0 saturated heterocycles. The second kappa shape index (κ2) is 5.84. The average Bonchev–Trinajstić information content (AvgIpc) is 2.99. The molecule has 0 heterocycles. The highest BCUT2D eigenvalue weighted by molar-refractivity contribution is 5.79. The zero-order valence-corrected chi connectivity index (χ0v) is 9.61. The summed E-state index contributed by atoms with van der Waals surface area (Å²) in [5, 5.41) is 11.6. The molecule has 1 saturated carbocycles. The molecule has 0 radical (unpaired) electrons. The van der Waals surface area contributed by atoms with Crippen LogP contribution in [0.15, 0.2) is 0 Å². The molecular formula is C11H20N2O3. The summed E-state index contributed by atoms with van der Waals surface area (Å²) >= 11 is 0. The van der Waals surface area contributed by atoms with E-state index in [1.54, 1.807) is 0 Å². The largest absolute Gasteiger partial charge is 0.481 e. The van der Waals surface area contributed by atoms with Crippen molar-refractivity contribution in [1.29, 1.82) is 0 Å². The summed E-state index contributed by atoms with van der Waals surface area (Å²) in [4.78, 5) is 22.3. The van der Waals surface area contributed by atoms with Gasteiger partial charge in [0, 0.05) is 12.0 Å². The number of hydrogen-bond donors (Lipinski definition) is 3. The minimum Gasteiger partial charge on any atom is -0.481 e. The Morgan fingerprint density at radius 3 is 2.56 bits per heavy atom. The highest BCUT2D eigenvalue weighted by atomic mass is 16.4. The molecule has 4 N–H and O–H groups in total. The molecule has 1 amide bonds. The van der Waals surface area contributed by atoms with Crippen LogP contribution in [0.5, 0.6) is 0 Å². The molecule has 5 heteroatoms. The average molecular weight is 228 g/mol.